The van der Waals surface area contributed by atoms with Crippen molar-refractivity contribution in [3.8, 4) is 17.6 Å². The average Bonchev–Trinajstić information content (AvgIpc) is 2.28. The van der Waals surface area contributed by atoms with E-state index in [1.165, 1.54) is 0 Å². The molecule has 0 spiro atoms. The summed E-state index contributed by atoms with van der Waals surface area (Å²) in [7, 11) is 3.46. The quantitative estimate of drug-likeness (QED) is 0.789. The smallest absolute Gasteiger partial charge is 0.174 e. The standard InChI is InChI=1S/C11H14N2O2/c1-13-8-9-3-4-10(14-2)7-11(9)15-6-5-12/h3-4,7,13H,6,8H2,1-2H3. The summed E-state index contributed by atoms with van der Waals surface area (Å²) in [6.07, 6.45) is 0. The van der Waals surface area contributed by atoms with Gasteiger partial charge >= 0.3 is 0 Å². The van der Waals surface area contributed by atoms with Crippen LogP contribution in [-0.4, -0.2) is 20.8 Å². The van der Waals surface area contributed by atoms with Crippen LogP contribution in [0.15, 0.2) is 18.2 Å². The van der Waals surface area contributed by atoms with Gasteiger partial charge in [-0.1, -0.05) is 6.07 Å². The van der Waals surface area contributed by atoms with Gasteiger partial charge in [0.2, 0.25) is 0 Å². The first kappa shape index (κ1) is 11.3. The van der Waals surface area contributed by atoms with Crippen molar-refractivity contribution in [3.05, 3.63) is 23.8 Å². The van der Waals surface area contributed by atoms with E-state index < -0.39 is 0 Å². The van der Waals surface area contributed by atoms with E-state index in [4.69, 9.17) is 14.7 Å². The summed E-state index contributed by atoms with van der Waals surface area (Å²) in [5.41, 5.74) is 1.01. The van der Waals surface area contributed by atoms with Gasteiger partial charge in [-0.25, -0.2) is 0 Å². The van der Waals surface area contributed by atoms with E-state index >= 15 is 0 Å². The Kier molecular flexibility index (Phi) is 4.45. The Labute approximate surface area is 89.4 Å². The third kappa shape index (κ3) is 3.15. The molecule has 0 amide bonds. The maximum absolute atomic E-state index is 8.45. The van der Waals surface area contributed by atoms with Gasteiger partial charge in [-0.15, -0.1) is 0 Å². The average molecular weight is 206 g/mol. The highest BCUT2D eigenvalue weighted by Gasteiger charge is 2.04. The lowest BCUT2D eigenvalue weighted by Crippen LogP contribution is -2.07. The zero-order valence-corrected chi connectivity index (χ0v) is 8.91. The van der Waals surface area contributed by atoms with Gasteiger partial charge in [0.05, 0.1) is 7.11 Å². The molecule has 0 aliphatic carbocycles. The molecule has 0 saturated heterocycles. The van der Waals surface area contributed by atoms with E-state index in [9.17, 15) is 0 Å². The molecule has 0 bridgehead atoms. The fourth-order valence-corrected chi connectivity index (χ4v) is 1.24. The van der Waals surface area contributed by atoms with Crippen molar-refractivity contribution in [1.29, 1.82) is 5.26 Å². The van der Waals surface area contributed by atoms with Crippen LogP contribution in [0.25, 0.3) is 0 Å². The van der Waals surface area contributed by atoms with Gasteiger partial charge in [0.1, 0.15) is 17.6 Å². The van der Waals surface area contributed by atoms with Gasteiger partial charge in [0.25, 0.3) is 0 Å². The number of methoxy groups -OCH3 is 1. The molecule has 1 aromatic rings. The van der Waals surface area contributed by atoms with Crippen LogP contribution in [0.1, 0.15) is 5.56 Å². The lowest BCUT2D eigenvalue weighted by Gasteiger charge is -2.10. The second kappa shape index (κ2) is 5.89. The highest BCUT2D eigenvalue weighted by atomic mass is 16.5. The fourth-order valence-electron chi connectivity index (χ4n) is 1.24. The molecule has 0 atom stereocenters. The van der Waals surface area contributed by atoms with Crippen molar-refractivity contribution in [2.75, 3.05) is 20.8 Å². The number of nitrogens with zero attached hydrogens (tertiary/aromatic N) is 1. The lowest BCUT2D eigenvalue weighted by molar-refractivity contribution is 0.356. The Morgan fingerprint density at radius 3 is 2.87 bits per heavy atom. The van der Waals surface area contributed by atoms with Gasteiger partial charge in [-0.2, -0.15) is 5.26 Å². The molecule has 0 radical (unpaired) electrons. The first-order valence-corrected chi connectivity index (χ1v) is 4.63. The van der Waals surface area contributed by atoms with E-state index in [0.717, 1.165) is 11.3 Å². The normalized spacial score (nSPS) is 9.40. The van der Waals surface area contributed by atoms with E-state index in [2.05, 4.69) is 5.32 Å². The third-order valence-corrected chi connectivity index (χ3v) is 1.93. The molecule has 1 N–H and O–H groups in total. The molecule has 0 unspecified atom stereocenters. The molecule has 0 aliphatic rings. The number of rotatable bonds is 5. The second-order valence-electron chi connectivity index (χ2n) is 2.95. The van der Waals surface area contributed by atoms with Gasteiger partial charge < -0.3 is 14.8 Å². The van der Waals surface area contributed by atoms with Crippen molar-refractivity contribution in [2.45, 2.75) is 6.54 Å². The summed E-state index contributed by atoms with van der Waals surface area (Å²) in [5.74, 6) is 1.41. The van der Waals surface area contributed by atoms with Crippen LogP contribution in [0.5, 0.6) is 11.5 Å². The van der Waals surface area contributed by atoms with Crippen LogP contribution in [0.3, 0.4) is 0 Å². The topological polar surface area (TPSA) is 54.3 Å². The van der Waals surface area contributed by atoms with E-state index in [-0.39, 0.29) is 6.61 Å². The summed E-state index contributed by atoms with van der Waals surface area (Å²) in [5, 5.41) is 11.5. The molecule has 0 heterocycles. The highest BCUT2D eigenvalue weighted by molar-refractivity contribution is 5.40. The number of benzene rings is 1. The number of nitriles is 1. The van der Waals surface area contributed by atoms with Gasteiger partial charge in [-0.05, 0) is 13.1 Å². The predicted molar refractivity (Wildman–Crippen MR) is 56.9 cm³/mol. The minimum Gasteiger partial charge on any atom is -0.497 e. The molecular weight excluding hydrogens is 192 g/mol. The Bertz CT molecular complexity index is 358. The first-order chi connectivity index (χ1) is 7.31. The molecule has 1 aromatic carbocycles. The number of ether oxygens (including phenoxy) is 2. The molecule has 1 rings (SSSR count). The third-order valence-electron chi connectivity index (χ3n) is 1.93. The molecule has 0 fully saturated rings. The largest absolute Gasteiger partial charge is 0.497 e. The Hall–Kier alpha value is -1.73. The minimum atomic E-state index is 0.0455. The van der Waals surface area contributed by atoms with Crippen molar-refractivity contribution >= 4 is 0 Å². The SMILES string of the molecule is CNCc1ccc(OC)cc1OCC#N. The van der Waals surface area contributed by atoms with E-state index in [1.807, 2.05) is 25.2 Å². The number of nitrogens with one attached hydrogen (secondary N) is 1. The molecule has 4 nitrogen and oxygen atoms in total. The molecule has 0 saturated carbocycles. The van der Waals surface area contributed by atoms with Crippen LogP contribution in [0.2, 0.25) is 0 Å². The van der Waals surface area contributed by atoms with Gasteiger partial charge in [0, 0.05) is 18.2 Å². The highest BCUT2D eigenvalue weighted by Crippen LogP contribution is 2.24. The first-order valence-electron chi connectivity index (χ1n) is 4.63. The summed E-state index contributed by atoms with van der Waals surface area (Å²) in [4.78, 5) is 0. The summed E-state index contributed by atoms with van der Waals surface area (Å²) < 4.78 is 10.4. The molecular formula is C11H14N2O2. The van der Waals surface area contributed by atoms with Gasteiger partial charge in [0.15, 0.2) is 6.61 Å². The second-order valence-corrected chi connectivity index (χ2v) is 2.95. The fraction of sp³-hybridized carbons (Fsp3) is 0.364. The number of hydrogen-bond acceptors (Lipinski definition) is 4. The molecule has 15 heavy (non-hydrogen) atoms. The van der Waals surface area contributed by atoms with Crippen LogP contribution in [0.4, 0.5) is 0 Å². The maximum atomic E-state index is 8.45. The zero-order valence-electron chi connectivity index (χ0n) is 8.91. The Balaban J connectivity index is 2.89. The van der Waals surface area contributed by atoms with Crippen molar-refractivity contribution in [2.24, 2.45) is 0 Å². The summed E-state index contributed by atoms with van der Waals surface area (Å²) >= 11 is 0. The number of hydrogen-bond donors (Lipinski definition) is 1. The lowest BCUT2D eigenvalue weighted by atomic mass is 10.2. The zero-order chi connectivity index (χ0) is 11.1. The maximum Gasteiger partial charge on any atom is 0.174 e. The van der Waals surface area contributed by atoms with Crippen LogP contribution >= 0.6 is 0 Å². The van der Waals surface area contributed by atoms with Crippen LogP contribution in [-0.2, 0) is 6.54 Å². The predicted octanol–water partition coefficient (Wildman–Crippen LogP) is 1.32. The van der Waals surface area contributed by atoms with Crippen molar-refractivity contribution in [3.63, 3.8) is 0 Å². The van der Waals surface area contributed by atoms with Crippen LogP contribution < -0.4 is 14.8 Å². The summed E-state index contributed by atoms with van der Waals surface area (Å²) in [6.45, 7) is 0.745. The summed E-state index contributed by atoms with van der Waals surface area (Å²) in [6, 6.07) is 7.51. The monoisotopic (exact) mass is 206 g/mol. The molecule has 0 aliphatic heterocycles. The Morgan fingerprint density at radius 1 is 1.47 bits per heavy atom. The van der Waals surface area contributed by atoms with Gasteiger partial charge in [-0.3, -0.25) is 0 Å². The van der Waals surface area contributed by atoms with E-state index in [0.29, 0.717) is 12.3 Å². The molecule has 4 heteroatoms. The van der Waals surface area contributed by atoms with Crippen LogP contribution in [0, 0.1) is 11.3 Å². The minimum absolute atomic E-state index is 0.0455. The molecule has 80 valence electrons. The van der Waals surface area contributed by atoms with Crippen molar-refractivity contribution in [1.82, 2.24) is 5.32 Å². The Morgan fingerprint density at radius 2 is 2.27 bits per heavy atom. The van der Waals surface area contributed by atoms with Crippen molar-refractivity contribution < 1.29 is 9.47 Å². The van der Waals surface area contributed by atoms with E-state index in [1.54, 1.807) is 13.2 Å². The molecule has 0 aromatic heterocycles.